The summed E-state index contributed by atoms with van der Waals surface area (Å²) in [4.78, 5) is 11.3. The first-order valence-electron chi connectivity index (χ1n) is 6.35. The van der Waals surface area contributed by atoms with Gasteiger partial charge in [0.15, 0.2) is 0 Å². The summed E-state index contributed by atoms with van der Waals surface area (Å²) >= 11 is 5.94. The van der Waals surface area contributed by atoms with Gasteiger partial charge in [0.2, 0.25) is 10.0 Å². The molecular weight excluding hydrogens is 326 g/mol. The van der Waals surface area contributed by atoms with E-state index in [1.54, 1.807) is 12.1 Å². The summed E-state index contributed by atoms with van der Waals surface area (Å²) in [5.74, 6) is -0.629. The molecule has 0 atom stereocenters. The van der Waals surface area contributed by atoms with Gasteiger partial charge in [-0.3, -0.25) is 0 Å². The fourth-order valence-electron chi connectivity index (χ4n) is 1.81. The number of esters is 1. The lowest BCUT2D eigenvalue weighted by atomic mass is 10.2. The molecule has 0 spiro atoms. The van der Waals surface area contributed by atoms with Gasteiger partial charge < -0.3 is 4.74 Å². The van der Waals surface area contributed by atoms with Crippen LogP contribution in [0.5, 0.6) is 0 Å². The Kier molecular flexibility index (Phi) is 5.18. The van der Waals surface area contributed by atoms with Crippen LogP contribution < -0.4 is 4.72 Å². The number of carbonyl (C=O) groups excluding carboxylic acids is 1. The zero-order valence-electron chi connectivity index (χ0n) is 11.7. The average molecular weight is 340 g/mol. The average Bonchev–Trinajstić information content (AvgIpc) is 2.53. The van der Waals surface area contributed by atoms with Crippen LogP contribution in [0.3, 0.4) is 0 Å². The number of carbonyl (C=O) groups is 1. The van der Waals surface area contributed by atoms with Crippen molar-refractivity contribution >= 4 is 27.6 Å². The summed E-state index contributed by atoms with van der Waals surface area (Å²) in [6.45, 7) is 0.127. The van der Waals surface area contributed by atoms with Crippen LogP contribution in [-0.4, -0.2) is 21.5 Å². The lowest BCUT2D eigenvalue weighted by molar-refractivity contribution is 0.0600. The first-order chi connectivity index (χ1) is 10.4. The monoisotopic (exact) mass is 339 g/mol. The number of ether oxygens (including phenoxy) is 1. The van der Waals surface area contributed by atoms with Crippen LogP contribution in [-0.2, 0) is 21.3 Å². The van der Waals surface area contributed by atoms with E-state index in [9.17, 15) is 13.2 Å². The molecule has 0 amide bonds. The fourth-order valence-corrected chi connectivity index (χ4v) is 3.35. The Morgan fingerprint density at radius 1 is 1.18 bits per heavy atom. The van der Waals surface area contributed by atoms with Crippen LogP contribution in [0, 0.1) is 0 Å². The van der Waals surface area contributed by atoms with Crippen LogP contribution in [0.2, 0.25) is 5.02 Å². The number of rotatable bonds is 5. The quantitative estimate of drug-likeness (QED) is 0.850. The normalized spacial score (nSPS) is 11.2. The van der Waals surface area contributed by atoms with Crippen molar-refractivity contribution in [2.45, 2.75) is 11.4 Å². The van der Waals surface area contributed by atoms with E-state index in [0.717, 1.165) is 5.56 Å². The van der Waals surface area contributed by atoms with Crippen molar-refractivity contribution in [1.29, 1.82) is 0 Å². The predicted molar refractivity (Wildman–Crippen MR) is 83.3 cm³/mol. The standard InChI is InChI=1S/C15H14ClNO4S/c1-21-15(18)12-7-8-13(16)14(9-12)22(19,20)17-10-11-5-3-2-4-6-11/h2-9,17H,10H2,1H3. The van der Waals surface area contributed by atoms with Gasteiger partial charge in [0.1, 0.15) is 4.90 Å². The van der Waals surface area contributed by atoms with Gasteiger partial charge in [0, 0.05) is 6.54 Å². The van der Waals surface area contributed by atoms with Crippen LogP contribution in [0.15, 0.2) is 53.4 Å². The highest BCUT2D eigenvalue weighted by atomic mass is 35.5. The number of nitrogens with one attached hydrogen (secondary N) is 1. The maximum Gasteiger partial charge on any atom is 0.337 e. The molecule has 0 radical (unpaired) electrons. The van der Waals surface area contributed by atoms with Gasteiger partial charge in [-0.25, -0.2) is 17.9 Å². The largest absolute Gasteiger partial charge is 0.465 e. The second-order valence-corrected chi connectivity index (χ2v) is 6.59. The molecule has 0 unspecified atom stereocenters. The van der Waals surface area contributed by atoms with Gasteiger partial charge in [-0.15, -0.1) is 0 Å². The Bertz CT molecular complexity index is 775. The molecule has 0 saturated carbocycles. The number of halogens is 1. The Balaban J connectivity index is 2.27. The SMILES string of the molecule is COC(=O)c1ccc(Cl)c(S(=O)(=O)NCc2ccccc2)c1. The van der Waals surface area contributed by atoms with Crippen molar-refractivity contribution < 1.29 is 17.9 Å². The summed E-state index contributed by atoms with van der Waals surface area (Å²) in [5, 5.41) is 0.0354. The molecule has 7 heteroatoms. The van der Waals surface area contributed by atoms with Gasteiger partial charge in [0.25, 0.3) is 0 Å². The maximum atomic E-state index is 12.3. The first-order valence-corrected chi connectivity index (χ1v) is 8.21. The summed E-state index contributed by atoms with van der Waals surface area (Å²) < 4.78 is 31.7. The van der Waals surface area contributed by atoms with Crippen LogP contribution in [0.4, 0.5) is 0 Å². The fraction of sp³-hybridized carbons (Fsp3) is 0.133. The lowest BCUT2D eigenvalue weighted by Gasteiger charge is -2.10. The molecule has 2 aromatic carbocycles. The minimum atomic E-state index is -3.84. The van der Waals surface area contributed by atoms with Crippen molar-refractivity contribution in [3.8, 4) is 0 Å². The summed E-state index contributed by atoms with van der Waals surface area (Å²) in [6.07, 6.45) is 0. The van der Waals surface area contributed by atoms with Gasteiger partial charge in [-0.1, -0.05) is 41.9 Å². The molecule has 0 bridgehead atoms. The van der Waals surface area contributed by atoms with Gasteiger partial charge in [-0.2, -0.15) is 0 Å². The third kappa shape index (κ3) is 3.85. The zero-order chi connectivity index (χ0) is 16.2. The van der Waals surface area contributed by atoms with Crippen molar-refractivity contribution in [2.24, 2.45) is 0 Å². The molecule has 2 aromatic rings. The minimum absolute atomic E-state index is 0.0354. The number of benzene rings is 2. The second-order valence-electron chi connectivity index (χ2n) is 4.45. The molecule has 116 valence electrons. The second kappa shape index (κ2) is 6.91. The van der Waals surface area contributed by atoms with E-state index < -0.39 is 16.0 Å². The Morgan fingerprint density at radius 3 is 2.50 bits per heavy atom. The number of sulfonamides is 1. The topological polar surface area (TPSA) is 72.5 Å². The molecule has 1 N–H and O–H groups in total. The smallest absolute Gasteiger partial charge is 0.337 e. The predicted octanol–water partition coefficient (Wildman–Crippen LogP) is 2.61. The number of methoxy groups -OCH3 is 1. The lowest BCUT2D eigenvalue weighted by Crippen LogP contribution is -2.24. The van der Waals surface area contributed by atoms with Crippen LogP contribution >= 0.6 is 11.6 Å². The molecule has 0 fully saturated rings. The van der Waals surface area contributed by atoms with E-state index in [4.69, 9.17) is 11.6 Å². The molecule has 5 nitrogen and oxygen atoms in total. The molecular formula is C15H14ClNO4S. The van der Waals surface area contributed by atoms with Gasteiger partial charge in [0.05, 0.1) is 17.7 Å². The van der Waals surface area contributed by atoms with E-state index in [-0.39, 0.29) is 22.0 Å². The third-order valence-corrected chi connectivity index (χ3v) is 4.83. The molecule has 0 heterocycles. The Labute approximate surface area is 133 Å². The summed E-state index contributed by atoms with van der Waals surface area (Å²) in [5.41, 5.74) is 0.929. The van der Waals surface area contributed by atoms with Crippen LogP contribution in [0.25, 0.3) is 0 Å². The van der Waals surface area contributed by atoms with E-state index in [1.807, 2.05) is 18.2 Å². The van der Waals surface area contributed by atoms with Crippen molar-refractivity contribution in [2.75, 3.05) is 7.11 Å². The highest BCUT2D eigenvalue weighted by Gasteiger charge is 2.20. The summed E-state index contributed by atoms with van der Waals surface area (Å²) in [6, 6.07) is 13.0. The van der Waals surface area contributed by atoms with Gasteiger partial charge >= 0.3 is 5.97 Å². The Morgan fingerprint density at radius 2 is 1.86 bits per heavy atom. The first kappa shape index (κ1) is 16.5. The third-order valence-electron chi connectivity index (χ3n) is 2.95. The van der Waals surface area contributed by atoms with Crippen molar-refractivity contribution in [3.63, 3.8) is 0 Å². The summed E-state index contributed by atoms with van der Waals surface area (Å²) in [7, 11) is -2.62. The maximum absolute atomic E-state index is 12.3. The number of hydrogen-bond donors (Lipinski definition) is 1. The van der Waals surface area contributed by atoms with Crippen molar-refractivity contribution in [3.05, 3.63) is 64.7 Å². The Hall–Kier alpha value is -1.89. The highest BCUT2D eigenvalue weighted by Crippen LogP contribution is 2.23. The van der Waals surface area contributed by atoms with E-state index in [2.05, 4.69) is 9.46 Å². The van der Waals surface area contributed by atoms with E-state index in [0.29, 0.717) is 0 Å². The number of hydrogen-bond acceptors (Lipinski definition) is 4. The molecule has 2 rings (SSSR count). The molecule has 0 aliphatic carbocycles. The molecule has 0 aliphatic heterocycles. The highest BCUT2D eigenvalue weighted by molar-refractivity contribution is 7.89. The van der Waals surface area contributed by atoms with E-state index in [1.165, 1.54) is 25.3 Å². The molecule has 22 heavy (non-hydrogen) atoms. The minimum Gasteiger partial charge on any atom is -0.465 e. The molecule has 0 saturated heterocycles. The molecule has 0 aromatic heterocycles. The van der Waals surface area contributed by atoms with Gasteiger partial charge in [-0.05, 0) is 23.8 Å². The molecule has 0 aliphatic rings. The van der Waals surface area contributed by atoms with Crippen molar-refractivity contribution in [1.82, 2.24) is 4.72 Å². The van der Waals surface area contributed by atoms with E-state index >= 15 is 0 Å². The van der Waals surface area contributed by atoms with Crippen LogP contribution in [0.1, 0.15) is 15.9 Å². The zero-order valence-corrected chi connectivity index (χ0v) is 13.3.